The van der Waals surface area contributed by atoms with Crippen molar-refractivity contribution < 1.29 is 28.1 Å². The van der Waals surface area contributed by atoms with Crippen LogP contribution in [0.2, 0.25) is 0 Å². The summed E-state index contributed by atoms with van der Waals surface area (Å²) in [5, 5.41) is 0. The Morgan fingerprint density at radius 1 is 0.531 bits per heavy atom. The van der Waals surface area contributed by atoms with E-state index in [4.69, 9.17) is 0 Å². The van der Waals surface area contributed by atoms with E-state index in [2.05, 4.69) is 13.8 Å². The Morgan fingerprint density at radius 3 is 1.19 bits per heavy atom. The highest BCUT2D eigenvalue weighted by atomic mass is 16.2. The van der Waals surface area contributed by atoms with E-state index in [1.807, 2.05) is 13.8 Å². The molecule has 0 saturated heterocycles. The molecule has 0 spiro atoms. The first-order valence-corrected chi connectivity index (χ1v) is 12.7. The van der Waals surface area contributed by atoms with Crippen LogP contribution < -0.4 is 0 Å². The Morgan fingerprint density at radius 2 is 0.875 bits per heavy atom. The van der Waals surface area contributed by atoms with Crippen LogP contribution in [0.25, 0.3) is 0 Å². The second-order valence-electron chi connectivity index (χ2n) is 9.37. The van der Waals surface area contributed by atoms with Crippen molar-refractivity contribution in [2.75, 3.05) is 26.2 Å². The molecule has 0 bridgehead atoms. The second kappa shape index (κ2) is 11.8. The van der Waals surface area contributed by atoms with Crippen molar-refractivity contribution in [2.24, 2.45) is 0 Å². The number of imide groups is 2. The molecule has 32 heavy (non-hydrogen) atoms. The van der Waals surface area contributed by atoms with Gasteiger partial charge in [-0.2, -0.15) is 8.97 Å². The molecule has 2 rings (SSSR count). The van der Waals surface area contributed by atoms with Gasteiger partial charge in [-0.05, 0) is 38.5 Å². The van der Waals surface area contributed by atoms with Gasteiger partial charge in [0.15, 0.2) is 0 Å². The molecule has 0 aliphatic carbocycles. The Labute approximate surface area is 193 Å². The summed E-state index contributed by atoms with van der Waals surface area (Å²) in [6, 6.07) is 0. The van der Waals surface area contributed by atoms with E-state index in [0.717, 1.165) is 51.4 Å². The average molecular weight is 447 g/mol. The molecule has 6 nitrogen and oxygen atoms in total. The summed E-state index contributed by atoms with van der Waals surface area (Å²) in [7, 11) is 0. The van der Waals surface area contributed by atoms with Gasteiger partial charge in [0.25, 0.3) is 0 Å². The summed E-state index contributed by atoms with van der Waals surface area (Å²) in [6.07, 6.45) is 11.2. The van der Waals surface area contributed by atoms with E-state index < -0.39 is 0 Å². The number of hydrogen-bond donors (Lipinski definition) is 0. The summed E-state index contributed by atoms with van der Waals surface area (Å²) in [4.78, 5) is 53.2. The second-order valence-corrected chi connectivity index (χ2v) is 9.37. The van der Waals surface area contributed by atoms with Crippen molar-refractivity contribution in [3.63, 3.8) is 0 Å². The lowest BCUT2D eigenvalue weighted by Gasteiger charge is -2.34. The lowest BCUT2D eigenvalue weighted by atomic mass is 10.1. The van der Waals surface area contributed by atoms with Gasteiger partial charge in [0.2, 0.25) is 0 Å². The molecule has 2 atom stereocenters. The van der Waals surface area contributed by atoms with Crippen LogP contribution in [0.5, 0.6) is 0 Å². The van der Waals surface area contributed by atoms with Crippen molar-refractivity contribution in [2.45, 2.75) is 91.9 Å². The highest BCUT2D eigenvalue weighted by Crippen LogP contribution is 2.31. The highest BCUT2D eigenvalue weighted by molar-refractivity contribution is 6.09. The van der Waals surface area contributed by atoms with Crippen LogP contribution in [0.4, 0.5) is 0 Å². The number of rotatable bonds is 15. The summed E-state index contributed by atoms with van der Waals surface area (Å²) in [5.41, 5.74) is 1.21. The summed E-state index contributed by atoms with van der Waals surface area (Å²) in [5.74, 6) is -0.601. The molecule has 178 valence electrons. The number of carbonyl (C=O) groups is 4. The van der Waals surface area contributed by atoms with Gasteiger partial charge in [0, 0.05) is 0 Å². The van der Waals surface area contributed by atoms with Gasteiger partial charge < -0.3 is 0 Å². The third-order valence-corrected chi connectivity index (χ3v) is 7.02. The fraction of sp³-hybridized carbons (Fsp3) is 0.692. The Balaban J connectivity index is 2.31. The van der Waals surface area contributed by atoms with Crippen LogP contribution in [0.3, 0.4) is 0 Å². The third-order valence-electron chi connectivity index (χ3n) is 7.02. The molecule has 0 saturated carbocycles. The number of amides is 4. The predicted molar refractivity (Wildman–Crippen MR) is 125 cm³/mol. The molecule has 0 N–H and O–H groups in total. The summed E-state index contributed by atoms with van der Waals surface area (Å²) in [6.45, 7) is 9.51. The van der Waals surface area contributed by atoms with E-state index in [9.17, 15) is 19.2 Å². The zero-order valence-corrected chi connectivity index (χ0v) is 20.6. The van der Waals surface area contributed by atoms with Crippen molar-refractivity contribution in [3.8, 4) is 0 Å². The van der Waals surface area contributed by atoms with E-state index in [1.165, 1.54) is 12.2 Å². The van der Waals surface area contributed by atoms with Crippen LogP contribution in [-0.2, 0) is 19.2 Å². The molecule has 6 heteroatoms. The molecule has 2 heterocycles. The third kappa shape index (κ3) is 5.18. The first-order valence-electron chi connectivity index (χ1n) is 12.7. The quantitative estimate of drug-likeness (QED) is 0.273. The first-order chi connectivity index (χ1) is 15.3. The zero-order chi connectivity index (χ0) is 23.8. The minimum absolute atomic E-state index is 0.121. The fourth-order valence-electron chi connectivity index (χ4n) is 4.78. The van der Waals surface area contributed by atoms with Crippen molar-refractivity contribution in [3.05, 3.63) is 23.3 Å². The molecule has 4 amide bonds. The van der Waals surface area contributed by atoms with Crippen molar-refractivity contribution >= 4 is 23.6 Å². The van der Waals surface area contributed by atoms with Crippen LogP contribution in [0.1, 0.15) is 91.9 Å². The van der Waals surface area contributed by atoms with Gasteiger partial charge in [0.1, 0.15) is 13.1 Å². The SMILES string of the molecule is CCCCC1=CC(=O)[N+](CCCC)(CC[N+]2(CCCC)C(=O)C=C(CCCC)C2=O)C1=O. The normalized spacial score (nSPS) is 25.6. The number of quaternary nitrogens is 2. The summed E-state index contributed by atoms with van der Waals surface area (Å²) < 4.78 is -0.520. The van der Waals surface area contributed by atoms with Crippen molar-refractivity contribution in [1.82, 2.24) is 0 Å². The standard InChI is InChI=1S/C26H42N2O4/c1-5-9-13-21-19-23(29)27(25(21)31,15-11-7-3)17-18-28(16-12-8-4)24(30)20-22(26(28)32)14-10-6-2/h19-20H,5-18H2,1-4H3/q+2. The van der Waals surface area contributed by atoms with Crippen LogP contribution in [0.15, 0.2) is 23.3 Å². The minimum atomic E-state index is -0.260. The summed E-state index contributed by atoms with van der Waals surface area (Å²) >= 11 is 0. The van der Waals surface area contributed by atoms with Gasteiger partial charge in [-0.3, -0.25) is 0 Å². The lowest BCUT2D eigenvalue weighted by molar-refractivity contribution is -0.831. The Kier molecular flexibility index (Phi) is 9.71. The monoisotopic (exact) mass is 446 g/mol. The maximum absolute atomic E-state index is 13.4. The highest BCUT2D eigenvalue weighted by Gasteiger charge is 2.55. The van der Waals surface area contributed by atoms with E-state index in [-0.39, 0.29) is 45.7 Å². The Hall–Kier alpha value is -1.92. The molecule has 0 fully saturated rings. The number of carbonyl (C=O) groups excluding carboxylic acids is 4. The Bertz CT molecular complexity index is 732. The van der Waals surface area contributed by atoms with E-state index >= 15 is 0 Å². The maximum atomic E-state index is 13.4. The number of nitrogens with zero attached hydrogens (tertiary/aromatic N) is 2. The van der Waals surface area contributed by atoms with E-state index in [1.54, 1.807) is 0 Å². The van der Waals surface area contributed by atoms with E-state index in [0.29, 0.717) is 37.1 Å². The van der Waals surface area contributed by atoms with Crippen LogP contribution in [-0.4, -0.2) is 58.8 Å². The van der Waals surface area contributed by atoms with Crippen LogP contribution >= 0.6 is 0 Å². The fourth-order valence-corrected chi connectivity index (χ4v) is 4.78. The zero-order valence-electron chi connectivity index (χ0n) is 20.6. The van der Waals surface area contributed by atoms with Crippen molar-refractivity contribution in [1.29, 1.82) is 0 Å². The molecule has 2 aliphatic rings. The van der Waals surface area contributed by atoms with Gasteiger partial charge in [-0.25, -0.2) is 19.2 Å². The predicted octanol–water partition coefficient (Wildman–Crippen LogP) is 4.59. The van der Waals surface area contributed by atoms with Gasteiger partial charge in [-0.15, -0.1) is 0 Å². The largest absolute Gasteiger partial charge is 0.350 e. The maximum Gasteiger partial charge on any atom is 0.350 e. The molecular weight excluding hydrogens is 404 g/mol. The lowest BCUT2D eigenvalue weighted by Crippen LogP contribution is -2.63. The molecule has 0 radical (unpaired) electrons. The minimum Gasteiger partial charge on any atom is -0.226 e. The number of unbranched alkanes of at least 4 members (excludes halogenated alkanes) is 4. The average Bonchev–Trinajstić information content (AvgIpc) is 3.16. The number of hydrogen-bond acceptors (Lipinski definition) is 4. The topological polar surface area (TPSA) is 68.3 Å². The van der Waals surface area contributed by atoms with Gasteiger partial charge in [0.05, 0.1) is 36.4 Å². The molecule has 2 unspecified atom stereocenters. The van der Waals surface area contributed by atoms with Gasteiger partial charge >= 0.3 is 23.6 Å². The molecule has 0 aromatic heterocycles. The molecule has 0 aromatic rings. The first kappa shape index (κ1) is 26.3. The van der Waals surface area contributed by atoms with Crippen LogP contribution in [0, 0.1) is 0 Å². The molecular formula is C26H42N2O4+2. The molecule has 2 aliphatic heterocycles. The van der Waals surface area contributed by atoms with Gasteiger partial charge in [-0.1, -0.05) is 53.4 Å². The molecule has 0 aromatic carbocycles. The smallest absolute Gasteiger partial charge is 0.226 e.